The maximum atomic E-state index is 4.81. The molecule has 0 spiro atoms. The van der Waals surface area contributed by atoms with Crippen LogP contribution in [0.2, 0.25) is 0 Å². The first kappa shape index (κ1) is 18.7. The van der Waals surface area contributed by atoms with Gasteiger partial charge in [-0.2, -0.15) is 0 Å². The summed E-state index contributed by atoms with van der Waals surface area (Å²) in [4.78, 5) is 20.3. The molecule has 2 aromatic heterocycles. The molecule has 3 rings (SSSR count). The van der Waals surface area contributed by atoms with Crippen LogP contribution in [0.15, 0.2) is 18.6 Å². The second kappa shape index (κ2) is 9.03. The third kappa shape index (κ3) is 4.97. The summed E-state index contributed by atoms with van der Waals surface area (Å²) in [5.41, 5.74) is 3.28. The van der Waals surface area contributed by atoms with Gasteiger partial charge in [0.1, 0.15) is 5.82 Å². The molecule has 0 bridgehead atoms. The summed E-state index contributed by atoms with van der Waals surface area (Å²) in [6, 6.07) is 0.178. The van der Waals surface area contributed by atoms with Gasteiger partial charge in [0.2, 0.25) is 5.95 Å². The molecule has 2 aromatic rings. The number of nitrogens with zero attached hydrogens (tertiary/aromatic N) is 5. The van der Waals surface area contributed by atoms with E-state index >= 15 is 0 Å². The summed E-state index contributed by atoms with van der Waals surface area (Å²) in [7, 11) is 0. The maximum Gasteiger partial charge on any atom is 0.225 e. The highest BCUT2D eigenvalue weighted by Crippen LogP contribution is 2.20. The van der Waals surface area contributed by atoms with E-state index in [2.05, 4.69) is 39.0 Å². The van der Waals surface area contributed by atoms with Crippen LogP contribution in [-0.2, 0) is 6.54 Å². The van der Waals surface area contributed by atoms with E-state index < -0.39 is 0 Å². The second-order valence-corrected chi connectivity index (χ2v) is 7.21. The van der Waals surface area contributed by atoms with E-state index in [0.29, 0.717) is 0 Å². The van der Waals surface area contributed by atoms with Crippen molar-refractivity contribution in [3.05, 3.63) is 41.2 Å². The van der Waals surface area contributed by atoms with Crippen molar-refractivity contribution < 1.29 is 0 Å². The Hall–Kier alpha value is -2.08. The van der Waals surface area contributed by atoms with Gasteiger partial charge in [0.15, 0.2) is 0 Å². The van der Waals surface area contributed by atoms with E-state index in [-0.39, 0.29) is 6.04 Å². The fourth-order valence-corrected chi connectivity index (χ4v) is 3.38. The van der Waals surface area contributed by atoms with E-state index in [0.717, 1.165) is 48.2 Å². The molecule has 6 heteroatoms. The summed E-state index contributed by atoms with van der Waals surface area (Å²) in [5, 5.41) is 3.52. The fraction of sp³-hybridized carbons (Fsp3) is 0.600. The van der Waals surface area contributed by atoms with E-state index in [4.69, 9.17) is 4.98 Å². The van der Waals surface area contributed by atoms with Crippen LogP contribution in [0.5, 0.6) is 0 Å². The van der Waals surface area contributed by atoms with Gasteiger partial charge in [-0.1, -0.05) is 19.3 Å². The molecular weight excluding hydrogens is 324 g/mol. The average molecular weight is 355 g/mol. The van der Waals surface area contributed by atoms with Crippen LogP contribution in [-0.4, -0.2) is 33.0 Å². The molecule has 1 fully saturated rings. The molecule has 0 saturated carbocycles. The van der Waals surface area contributed by atoms with Crippen LogP contribution in [0, 0.1) is 13.8 Å². The SMILES string of the molecule is Cc1ncc(CN[C@@H](C)c2cnc(N3CCCCCCC3)nc2C)cn1. The van der Waals surface area contributed by atoms with Gasteiger partial charge in [-0.25, -0.2) is 19.9 Å². The lowest BCUT2D eigenvalue weighted by molar-refractivity contribution is 0.546. The summed E-state index contributed by atoms with van der Waals surface area (Å²) >= 11 is 0. The van der Waals surface area contributed by atoms with Crippen molar-refractivity contribution in [2.45, 2.75) is 65.5 Å². The molecule has 0 radical (unpaired) electrons. The number of nitrogens with one attached hydrogen (secondary N) is 1. The number of anilines is 1. The molecule has 6 nitrogen and oxygen atoms in total. The molecule has 0 aromatic carbocycles. The molecule has 1 atom stereocenters. The highest BCUT2D eigenvalue weighted by molar-refractivity contribution is 5.34. The number of aromatic nitrogens is 4. The fourth-order valence-electron chi connectivity index (χ4n) is 3.38. The number of rotatable bonds is 5. The van der Waals surface area contributed by atoms with Gasteiger partial charge in [0, 0.05) is 61.1 Å². The van der Waals surface area contributed by atoms with E-state index in [1.165, 1.54) is 32.1 Å². The zero-order chi connectivity index (χ0) is 18.4. The van der Waals surface area contributed by atoms with Crippen molar-refractivity contribution in [3.8, 4) is 0 Å². The first-order chi connectivity index (χ1) is 12.6. The Morgan fingerprint density at radius 3 is 2.27 bits per heavy atom. The first-order valence-electron chi connectivity index (χ1n) is 9.73. The third-order valence-electron chi connectivity index (χ3n) is 5.06. The zero-order valence-electron chi connectivity index (χ0n) is 16.2. The number of hydrogen-bond acceptors (Lipinski definition) is 6. The lowest BCUT2D eigenvalue weighted by atomic mass is 10.1. The molecule has 1 saturated heterocycles. The molecule has 1 aliphatic rings. The Bertz CT molecular complexity index is 692. The number of aryl methyl sites for hydroxylation is 2. The largest absolute Gasteiger partial charge is 0.341 e. The van der Waals surface area contributed by atoms with Crippen LogP contribution in [0.1, 0.15) is 67.7 Å². The predicted octanol–water partition coefficient (Wildman–Crippen LogP) is 3.50. The van der Waals surface area contributed by atoms with Crippen molar-refractivity contribution in [2.75, 3.05) is 18.0 Å². The molecule has 0 unspecified atom stereocenters. The summed E-state index contributed by atoms with van der Waals surface area (Å²) in [5.74, 6) is 1.68. The second-order valence-electron chi connectivity index (χ2n) is 7.21. The van der Waals surface area contributed by atoms with Crippen molar-refractivity contribution in [1.29, 1.82) is 0 Å². The summed E-state index contributed by atoms with van der Waals surface area (Å²) < 4.78 is 0. The standard InChI is InChI=1S/C20H30N6/c1-15(21-11-18-12-22-17(3)23-13-18)19-14-24-20(25-16(19)2)26-9-7-5-4-6-8-10-26/h12-15,21H,4-11H2,1-3H3/t15-/m0/s1. The highest BCUT2D eigenvalue weighted by Gasteiger charge is 2.15. The van der Waals surface area contributed by atoms with Gasteiger partial charge in [-0.3, -0.25) is 0 Å². The highest BCUT2D eigenvalue weighted by atomic mass is 15.2. The monoisotopic (exact) mass is 354 g/mol. The lowest BCUT2D eigenvalue weighted by Gasteiger charge is -2.25. The Labute approximate surface area is 156 Å². The first-order valence-corrected chi connectivity index (χ1v) is 9.73. The minimum absolute atomic E-state index is 0.178. The lowest BCUT2D eigenvalue weighted by Crippen LogP contribution is -2.29. The minimum Gasteiger partial charge on any atom is -0.341 e. The van der Waals surface area contributed by atoms with E-state index in [1.54, 1.807) is 0 Å². The molecule has 1 N–H and O–H groups in total. The third-order valence-corrected chi connectivity index (χ3v) is 5.06. The van der Waals surface area contributed by atoms with Crippen LogP contribution in [0.3, 0.4) is 0 Å². The van der Waals surface area contributed by atoms with Crippen molar-refractivity contribution in [1.82, 2.24) is 25.3 Å². The molecule has 0 aliphatic carbocycles. The van der Waals surface area contributed by atoms with Crippen LogP contribution in [0.25, 0.3) is 0 Å². The molecule has 0 amide bonds. The van der Waals surface area contributed by atoms with Gasteiger partial charge in [-0.15, -0.1) is 0 Å². The van der Waals surface area contributed by atoms with Gasteiger partial charge < -0.3 is 10.2 Å². The Morgan fingerprint density at radius 1 is 0.962 bits per heavy atom. The molecule has 26 heavy (non-hydrogen) atoms. The summed E-state index contributed by atoms with van der Waals surface area (Å²) in [6.45, 7) is 9.00. The maximum absolute atomic E-state index is 4.81. The zero-order valence-corrected chi connectivity index (χ0v) is 16.2. The quantitative estimate of drug-likeness (QED) is 0.886. The van der Waals surface area contributed by atoms with Gasteiger partial charge in [-0.05, 0) is 33.6 Å². The van der Waals surface area contributed by atoms with Crippen molar-refractivity contribution in [2.24, 2.45) is 0 Å². The minimum atomic E-state index is 0.178. The predicted molar refractivity (Wildman–Crippen MR) is 104 cm³/mol. The summed E-state index contributed by atoms with van der Waals surface area (Å²) in [6.07, 6.45) is 12.2. The average Bonchev–Trinajstić information content (AvgIpc) is 2.60. The van der Waals surface area contributed by atoms with Gasteiger partial charge in [0.25, 0.3) is 0 Å². The van der Waals surface area contributed by atoms with Crippen molar-refractivity contribution in [3.63, 3.8) is 0 Å². The van der Waals surface area contributed by atoms with Crippen LogP contribution >= 0.6 is 0 Å². The Kier molecular flexibility index (Phi) is 6.50. The molecule has 140 valence electrons. The Balaban J connectivity index is 1.63. The number of hydrogen-bond donors (Lipinski definition) is 1. The van der Waals surface area contributed by atoms with Crippen LogP contribution in [0.4, 0.5) is 5.95 Å². The topological polar surface area (TPSA) is 66.8 Å². The molecule has 3 heterocycles. The molecule has 1 aliphatic heterocycles. The van der Waals surface area contributed by atoms with E-state index in [9.17, 15) is 0 Å². The normalized spacial score (nSPS) is 16.8. The van der Waals surface area contributed by atoms with Crippen LogP contribution < -0.4 is 10.2 Å². The van der Waals surface area contributed by atoms with Gasteiger partial charge in [0.05, 0.1) is 0 Å². The van der Waals surface area contributed by atoms with Crippen molar-refractivity contribution >= 4 is 5.95 Å². The molecular formula is C20H30N6. The smallest absolute Gasteiger partial charge is 0.225 e. The van der Waals surface area contributed by atoms with E-state index in [1.807, 2.05) is 25.5 Å². The van der Waals surface area contributed by atoms with Gasteiger partial charge >= 0.3 is 0 Å². The Morgan fingerprint density at radius 2 is 1.62 bits per heavy atom.